The quantitative estimate of drug-likeness (QED) is 0.803. The molecule has 0 radical (unpaired) electrons. The molecule has 0 bridgehead atoms. The Bertz CT molecular complexity index is 793. The van der Waals surface area contributed by atoms with Crippen LogP contribution >= 0.6 is 11.3 Å². The molecule has 5 nitrogen and oxygen atoms in total. The molecule has 0 saturated heterocycles. The van der Waals surface area contributed by atoms with Crippen molar-refractivity contribution in [2.75, 3.05) is 4.72 Å². The summed E-state index contributed by atoms with van der Waals surface area (Å²) in [5, 5.41) is 5.32. The van der Waals surface area contributed by atoms with Gasteiger partial charge in [0.25, 0.3) is 10.0 Å². The molecule has 2 heterocycles. The Morgan fingerprint density at radius 2 is 1.95 bits per heavy atom. The van der Waals surface area contributed by atoms with Crippen LogP contribution in [-0.4, -0.2) is 13.6 Å². The molecule has 102 valence electrons. The molecule has 0 fully saturated rings. The Morgan fingerprint density at radius 3 is 2.65 bits per heavy atom. The van der Waals surface area contributed by atoms with Gasteiger partial charge in [-0.3, -0.25) is 4.72 Å². The van der Waals surface area contributed by atoms with Crippen molar-refractivity contribution in [2.24, 2.45) is 0 Å². The summed E-state index contributed by atoms with van der Waals surface area (Å²) in [6, 6.07) is 12.0. The number of hydrogen-bond acceptors (Lipinski definition) is 5. The fourth-order valence-electron chi connectivity index (χ4n) is 1.66. The molecule has 0 atom stereocenters. The van der Waals surface area contributed by atoms with E-state index in [1.54, 1.807) is 41.8 Å². The molecule has 0 amide bonds. The molecular formula is C13H10N2O3S2. The van der Waals surface area contributed by atoms with Gasteiger partial charge in [0.1, 0.15) is 4.21 Å². The zero-order valence-electron chi connectivity index (χ0n) is 10.2. The third kappa shape index (κ3) is 2.59. The lowest BCUT2D eigenvalue weighted by Gasteiger charge is -2.05. The largest absolute Gasteiger partial charge is 0.356 e. The van der Waals surface area contributed by atoms with Crippen molar-refractivity contribution in [1.82, 2.24) is 5.16 Å². The van der Waals surface area contributed by atoms with Gasteiger partial charge in [-0.15, -0.1) is 11.3 Å². The highest BCUT2D eigenvalue weighted by Crippen LogP contribution is 2.29. The number of aromatic nitrogens is 1. The highest BCUT2D eigenvalue weighted by atomic mass is 32.2. The van der Waals surface area contributed by atoms with Gasteiger partial charge in [0, 0.05) is 22.7 Å². The van der Waals surface area contributed by atoms with Crippen molar-refractivity contribution >= 4 is 27.0 Å². The first-order valence-electron chi connectivity index (χ1n) is 5.73. The van der Waals surface area contributed by atoms with Crippen LogP contribution in [0.3, 0.4) is 0 Å². The van der Waals surface area contributed by atoms with Gasteiger partial charge in [-0.2, -0.15) is 0 Å². The van der Waals surface area contributed by atoms with Crippen LogP contribution in [-0.2, 0) is 10.0 Å². The van der Waals surface area contributed by atoms with Gasteiger partial charge < -0.3 is 4.52 Å². The van der Waals surface area contributed by atoms with E-state index in [9.17, 15) is 8.42 Å². The van der Waals surface area contributed by atoms with Gasteiger partial charge in [-0.25, -0.2) is 8.42 Å². The van der Waals surface area contributed by atoms with E-state index in [0.29, 0.717) is 17.0 Å². The lowest BCUT2D eigenvalue weighted by Crippen LogP contribution is -2.11. The Hall–Kier alpha value is -2.12. The van der Waals surface area contributed by atoms with Crippen LogP contribution in [0.1, 0.15) is 0 Å². The van der Waals surface area contributed by atoms with Gasteiger partial charge >= 0.3 is 0 Å². The lowest BCUT2D eigenvalue weighted by molar-refractivity contribution is 0.432. The predicted molar refractivity (Wildman–Crippen MR) is 77.1 cm³/mol. The van der Waals surface area contributed by atoms with Crippen molar-refractivity contribution in [3.05, 3.63) is 54.0 Å². The number of nitrogens with zero attached hydrogens (tertiary/aromatic N) is 1. The maximum Gasteiger partial charge on any atom is 0.271 e. The zero-order chi connectivity index (χ0) is 14.0. The second kappa shape index (κ2) is 5.10. The second-order valence-electron chi connectivity index (χ2n) is 4.00. The van der Waals surface area contributed by atoms with Crippen LogP contribution in [0, 0.1) is 0 Å². The van der Waals surface area contributed by atoms with E-state index in [4.69, 9.17) is 4.52 Å². The van der Waals surface area contributed by atoms with Gasteiger partial charge in [-0.05, 0) is 18.2 Å². The molecule has 0 saturated carbocycles. The van der Waals surface area contributed by atoms with Crippen LogP contribution in [0.25, 0.3) is 11.3 Å². The predicted octanol–water partition coefficient (Wildman–Crippen LogP) is 3.20. The number of hydrogen-bond donors (Lipinski definition) is 1. The summed E-state index contributed by atoms with van der Waals surface area (Å²) in [4.78, 5) is 0. The van der Waals surface area contributed by atoms with Crippen molar-refractivity contribution < 1.29 is 12.9 Å². The summed E-state index contributed by atoms with van der Waals surface area (Å²) in [5.41, 5.74) is 1.23. The maximum atomic E-state index is 12.2. The number of sulfonamides is 1. The number of benzene rings is 1. The Morgan fingerprint density at radius 1 is 1.15 bits per heavy atom. The van der Waals surface area contributed by atoms with Crippen molar-refractivity contribution in [3.63, 3.8) is 0 Å². The lowest BCUT2D eigenvalue weighted by atomic mass is 10.3. The van der Waals surface area contributed by atoms with E-state index >= 15 is 0 Å². The zero-order valence-corrected chi connectivity index (χ0v) is 11.8. The van der Waals surface area contributed by atoms with Gasteiger partial charge in [0.15, 0.2) is 5.76 Å². The monoisotopic (exact) mass is 306 g/mol. The van der Waals surface area contributed by atoms with E-state index in [1.165, 1.54) is 6.20 Å². The molecular weight excluding hydrogens is 296 g/mol. The average molecular weight is 306 g/mol. The summed E-state index contributed by atoms with van der Waals surface area (Å²) in [7, 11) is -3.58. The number of rotatable bonds is 4. The average Bonchev–Trinajstić information content (AvgIpc) is 3.11. The summed E-state index contributed by atoms with van der Waals surface area (Å²) in [6.07, 6.45) is 1.52. The van der Waals surface area contributed by atoms with Crippen molar-refractivity contribution in [1.29, 1.82) is 0 Å². The first-order valence-corrected chi connectivity index (χ1v) is 8.09. The minimum absolute atomic E-state index is 0.229. The van der Waals surface area contributed by atoms with E-state index in [0.717, 1.165) is 11.3 Å². The molecule has 7 heteroatoms. The van der Waals surface area contributed by atoms with Gasteiger partial charge in [-0.1, -0.05) is 23.4 Å². The highest BCUT2D eigenvalue weighted by molar-refractivity contribution is 7.94. The molecule has 0 unspecified atom stereocenters. The Labute approximate surface area is 119 Å². The third-order valence-corrected chi connectivity index (χ3v) is 5.41. The maximum absolute atomic E-state index is 12.2. The molecule has 20 heavy (non-hydrogen) atoms. The van der Waals surface area contributed by atoms with E-state index in [2.05, 4.69) is 9.88 Å². The van der Waals surface area contributed by atoms with Gasteiger partial charge in [0.05, 0.1) is 6.20 Å². The highest BCUT2D eigenvalue weighted by Gasteiger charge is 2.18. The van der Waals surface area contributed by atoms with Crippen LogP contribution in [0.5, 0.6) is 0 Å². The van der Waals surface area contributed by atoms with E-state index in [-0.39, 0.29) is 4.21 Å². The topological polar surface area (TPSA) is 72.2 Å². The SMILES string of the molecule is O=S(=O)(Nc1ccccc1)c1cc(-c2ccno2)cs1. The van der Waals surface area contributed by atoms with Crippen LogP contribution in [0.2, 0.25) is 0 Å². The molecule has 1 N–H and O–H groups in total. The second-order valence-corrected chi connectivity index (χ2v) is 6.82. The molecule has 3 aromatic rings. The van der Waals surface area contributed by atoms with Crippen LogP contribution in [0.15, 0.2) is 62.8 Å². The van der Waals surface area contributed by atoms with Crippen LogP contribution in [0.4, 0.5) is 5.69 Å². The number of para-hydroxylation sites is 1. The summed E-state index contributed by atoms with van der Waals surface area (Å²) in [5.74, 6) is 0.544. The number of anilines is 1. The smallest absolute Gasteiger partial charge is 0.271 e. The molecule has 0 spiro atoms. The molecule has 3 rings (SSSR count). The Kier molecular flexibility index (Phi) is 3.29. The number of nitrogens with one attached hydrogen (secondary N) is 1. The van der Waals surface area contributed by atoms with Crippen molar-refractivity contribution in [3.8, 4) is 11.3 Å². The fourth-order valence-corrected chi connectivity index (χ4v) is 3.89. The van der Waals surface area contributed by atoms with Crippen molar-refractivity contribution in [2.45, 2.75) is 4.21 Å². The molecule has 0 aliphatic heterocycles. The minimum Gasteiger partial charge on any atom is -0.356 e. The molecule has 0 aliphatic rings. The first-order chi connectivity index (χ1) is 9.65. The fraction of sp³-hybridized carbons (Fsp3) is 0. The molecule has 1 aromatic carbocycles. The standard InChI is InChI=1S/C13H10N2O3S2/c16-20(17,15-11-4-2-1-3-5-11)13-8-10(9-19-13)12-6-7-14-18-12/h1-9,15H. The van der Waals surface area contributed by atoms with E-state index < -0.39 is 10.0 Å². The summed E-state index contributed by atoms with van der Waals surface area (Å²) >= 11 is 1.14. The first kappa shape index (κ1) is 12.9. The Balaban J connectivity index is 1.89. The third-order valence-electron chi connectivity index (χ3n) is 2.59. The molecule has 2 aromatic heterocycles. The summed E-state index contributed by atoms with van der Waals surface area (Å²) in [6.45, 7) is 0. The van der Waals surface area contributed by atoms with E-state index in [1.807, 2.05) is 6.07 Å². The molecule has 0 aliphatic carbocycles. The van der Waals surface area contributed by atoms with Gasteiger partial charge in [0.2, 0.25) is 0 Å². The number of thiophene rings is 1. The normalized spacial score (nSPS) is 11.4. The van der Waals surface area contributed by atoms with Crippen LogP contribution < -0.4 is 4.72 Å². The summed E-state index contributed by atoms with van der Waals surface area (Å²) < 4.78 is 32.2. The minimum atomic E-state index is -3.58.